The van der Waals surface area contributed by atoms with Crippen LogP contribution < -0.4 is 11.0 Å². The number of aromatic nitrogens is 1. The molecule has 0 unspecified atom stereocenters. The highest BCUT2D eigenvalue weighted by atomic mass is 35.5. The lowest BCUT2D eigenvalue weighted by atomic mass is 10.2. The van der Waals surface area contributed by atoms with E-state index in [9.17, 15) is 19.1 Å². The Morgan fingerprint density at radius 2 is 1.94 bits per heavy atom. The normalized spacial score (nSPS) is 10.6. The molecule has 1 aromatic heterocycles. The Labute approximate surface area is 92.9 Å². The van der Waals surface area contributed by atoms with Crippen molar-refractivity contribution in [3.8, 4) is 5.75 Å². The monoisotopic (exact) mass is 241 g/mol. The minimum atomic E-state index is -0.821. The van der Waals surface area contributed by atoms with Gasteiger partial charge in [0.2, 0.25) is 5.43 Å². The molecule has 0 saturated carbocycles. The largest absolute Gasteiger partial charge is 0.504 e. The Morgan fingerprint density at radius 1 is 1.25 bits per heavy atom. The fourth-order valence-corrected chi connectivity index (χ4v) is 1.68. The van der Waals surface area contributed by atoms with Gasteiger partial charge in [-0.2, -0.15) is 0 Å². The summed E-state index contributed by atoms with van der Waals surface area (Å²) in [5.74, 6) is -1.41. The van der Waals surface area contributed by atoms with Crippen LogP contribution in [0.5, 0.6) is 5.75 Å². The van der Waals surface area contributed by atoms with E-state index >= 15 is 0 Å². The van der Waals surface area contributed by atoms with Gasteiger partial charge in [-0.25, -0.2) is 4.39 Å². The third-order valence-electron chi connectivity index (χ3n) is 2.04. The van der Waals surface area contributed by atoms with Crippen LogP contribution in [0, 0.1) is 5.82 Å². The molecule has 0 amide bonds. The summed E-state index contributed by atoms with van der Waals surface area (Å²) in [7, 11) is 0. The van der Waals surface area contributed by atoms with Crippen molar-refractivity contribution >= 4 is 22.5 Å². The molecule has 0 bridgehead atoms. The summed E-state index contributed by atoms with van der Waals surface area (Å²) in [6, 6.07) is 2.61. The van der Waals surface area contributed by atoms with E-state index in [1.165, 1.54) is 0 Å². The number of H-pyrrole nitrogens is 1. The highest BCUT2D eigenvalue weighted by Gasteiger charge is 2.09. The van der Waals surface area contributed by atoms with Gasteiger partial charge < -0.3 is 10.1 Å². The maximum Gasteiger partial charge on any atom is 0.252 e. The van der Waals surface area contributed by atoms with Gasteiger partial charge in [0.05, 0.1) is 15.9 Å². The minimum Gasteiger partial charge on any atom is -0.504 e. The van der Waals surface area contributed by atoms with Gasteiger partial charge in [0.1, 0.15) is 5.82 Å². The summed E-state index contributed by atoms with van der Waals surface area (Å²) in [6.07, 6.45) is 0. The number of aromatic amines is 1. The first kappa shape index (κ1) is 10.6. The summed E-state index contributed by atoms with van der Waals surface area (Å²) < 4.78 is 13.0. The molecule has 6 heteroatoms. The van der Waals surface area contributed by atoms with Gasteiger partial charge in [0, 0.05) is 6.07 Å². The number of nitrogens with one attached hydrogen (secondary N) is 1. The third kappa shape index (κ3) is 1.65. The van der Waals surface area contributed by atoms with Crippen LogP contribution in [0.15, 0.2) is 27.8 Å². The quantitative estimate of drug-likeness (QED) is 0.732. The van der Waals surface area contributed by atoms with Gasteiger partial charge >= 0.3 is 0 Å². The van der Waals surface area contributed by atoms with Crippen LogP contribution in [0.4, 0.5) is 4.39 Å². The van der Waals surface area contributed by atoms with Gasteiger partial charge in [-0.15, -0.1) is 0 Å². The van der Waals surface area contributed by atoms with Crippen LogP contribution in [0.2, 0.25) is 5.02 Å². The number of aromatic hydroxyl groups is 1. The number of benzene rings is 1. The average molecular weight is 242 g/mol. The molecule has 0 fully saturated rings. The van der Waals surface area contributed by atoms with Crippen molar-refractivity contribution in [2.45, 2.75) is 0 Å². The second-order valence-corrected chi connectivity index (χ2v) is 3.57. The smallest absolute Gasteiger partial charge is 0.252 e. The second-order valence-electron chi connectivity index (χ2n) is 3.16. The van der Waals surface area contributed by atoms with E-state index in [1.54, 1.807) is 0 Å². The zero-order valence-corrected chi connectivity index (χ0v) is 8.51. The lowest BCUT2D eigenvalue weighted by molar-refractivity contribution is 0.471. The predicted octanol–water partition coefficient (Wildman–Crippen LogP) is 1.39. The minimum absolute atomic E-state index is 0.0553. The molecule has 0 saturated heterocycles. The number of hydrogen-bond donors (Lipinski definition) is 2. The average Bonchev–Trinajstić information content (AvgIpc) is 2.24. The van der Waals surface area contributed by atoms with E-state index in [4.69, 9.17) is 11.6 Å². The lowest BCUT2D eigenvalue weighted by Crippen LogP contribution is -1.98. The van der Waals surface area contributed by atoms with Crippen molar-refractivity contribution in [1.29, 1.82) is 0 Å². The van der Waals surface area contributed by atoms with Gasteiger partial charge in [-0.3, -0.25) is 9.59 Å². The molecule has 2 N–H and O–H groups in total. The van der Waals surface area contributed by atoms with Crippen molar-refractivity contribution in [2.24, 2.45) is 0 Å². The van der Waals surface area contributed by atoms with Crippen molar-refractivity contribution < 1.29 is 9.50 Å². The van der Waals surface area contributed by atoms with Crippen molar-refractivity contribution in [1.82, 2.24) is 4.98 Å². The molecule has 0 spiro atoms. The highest BCUT2D eigenvalue weighted by Crippen LogP contribution is 2.20. The summed E-state index contributed by atoms with van der Waals surface area (Å²) in [4.78, 5) is 25.0. The molecular formula is C10H5ClFNO3. The summed E-state index contributed by atoms with van der Waals surface area (Å²) in [5, 5.41) is 8.98. The van der Waals surface area contributed by atoms with Crippen LogP contribution in [-0.4, -0.2) is 10.1 Å². The van der Waals surface area contributed by atoms with E-state index in [0.29, 0.717) is 0 Å². The lowest BCUT2D eigenvalue weighted by Gasteiger charge is -1.95. The first-order valence-corrected chi connectivity index (χ1v) is 4.62. The summed E-state index contributed by atoms with van der Waals surface area (Å²) in [6.45, 7) is 0. The Kier molecular flexibility index (Phi) is 2.40. The Morgan fingerprint density at radius 3 is 2.62 bits per heavy atom. The van der Waals surface area contributed by atoms with E-state index < -0.39 is 22.6 Å². The molecule has 1 aromatic carbocycles. The molecule has 82 valence electrons. The van der Waals surface area contributed by atoms with Crippen molar-refractivity contribution in [3.63, 3.8) is 0 Å². The maximum absolute atomic E-state index is 13.0. The standard InChI is InChI=1S/C10H5ClFNO3/c11-5-1-4(12)2-6-9(5)10(16)7(14)3-8(15)13-6/h1-3H,(H,13,15)(H,14,16). The van der Waals surface area contributed by atoms with E-state index in [-0.39, 0.29) is 15.9 Å². The maximum atomic E-state index is 13.0. The van der Waals surface area contributed by atoms with Crippen molar-refractivity contribution in [3.05, 3.63) is 49.6 Å². The van der Waals surface area contributed by atoms with E-state index in [2.05, 4.69) is 4.98 Å². The topological polar surface area (TPSA) is 70.2 Å². The molecule has 0 aliphatic heterocycles. The van der Waals surface area contributed by atoms with Gasteiger partial charge in [0.25, 0.3) is 5.56 Å². The van der Waals surface area contributed by atoms with Crippen LogP contribution in [-0.2, 0) is 0 Å². The zero-order valence-electron chi connectivity index (χ0n) is 7.75. The van der Waals surface area contributed by atoms with Crippen LogP contribution in [0.1, 0.15) is 0 Å². The fraction of sp³-hybridized carbons (Fsp3) is 0. The highest BCUT2D eigenvalue weighted by molar-refractivity contribution is 6.35. The number of halogens is 2. The number of rotatable bonds is 0. The molecule has 16 heavy (non-hydrogen) atoms. The third-order valence-corrected chi connectivity index (χ3v) is 2.34. The Balaban J connectivity index is 3.19. The molecule has 0 atom stereocenters. The molecule has 0 aliphatic rings. The first-order valence-electron chi connectivity index (χ1n) is 4.24. The molecular weight excluding hydrogens is 237 g/mol. The molecule has 2 aromatic rings. The van der Waals surface area contributed by atoms with Gasteiger partial charge in [0.15, 0.2) is 5.75 Å². The predicted molar refractivity (Wildman–Crippen MR) is 57.5 cm³/mol. The molecule has 0 aliphatic carbocycles. The summed E-state index contributed by atoms with van der Waals surface area (Å²) >= 11 is 5.68. The Hall–Kier alpha value is -1.88. The zero-order chi connectivity index (χ0) is 11.9. The molecule has 1 heterocycles. The van der Waals surface area contributed by atoms with Gasteiger partial charge in [-0.1, -0.05) is 11.6 Å². The van der Waals surface area contributed by atoms with Crippen LogP contribution >= 0.6 is 11.6 Å². The van der Waals surface area contributed by atoms with Crippen LogP contribution in [0.25, 0.3) is 10.9 Å². The van der Waals surface area contributed by atoms with Crippen molar-refractivity contribution in [2.75, 3.05) is 0 Å². The number of hydrogen-bond acceptors (Lipinski definition) is 3. The molecule has 0 radical (unpaired) electrons. The van der Waals surface area contributed by atoms with Crippen LogP contribution in [0.3, 0.4) is 0 Å². The number of fused-ring (bicyclic) bond motifs is 1. The Bertz CT molecular complexity index is 696. The molecule has 2 rings (SSSR count). The first-order chi connectivity index (χ1) is 7.49. The van der Waals surface area contributed by atoms with E-state index in [1.807, 2.05) is 0 Å². The SMILES string of the molecule is O=c1cc(O)c(=O)c2c(Cl)cc(F)cc2[nH]1. The molecule has 4 nitrogen and oxygen atoms in total. The summed E-state index contributed by atoms with van der Waals surface area (Å²) in [5.41, 5.74) is -1.59. The van der Waals surface area contributed by atoms with E-state index in [0.717, 1.165) is 18.2 Å². The van der Waals surface area contributed by atoms with Gasteiger partial charge in [-0.05, 0) is 12.1 Å². The fourth-order valence-electron chi connectivity index (χ4n) is 1.39. The second kappa shape index (κ2) is 3.61.